The van der Waals surface area contributed by atoms with E-state index in [-0.39, 0.29) is 30.6 Å². The highest BCUT2D eigenvalue weighted by atomic mass is 16.7. The quantitative estimate of drug-likeness (QED) is 0.455. The molecule has 31 heavy (non-hydrogen) atoms. The van der Waals surface area contributed by atoms with Crippen LogP contribution >= 0.6 is 0 Å². The van der Waals surface area contributed by atoms with Crippen LogP contribution in [0.2, 0.25) is 0 Å². The lowest BCUT2D eigenvalue weighted by atomic mass is 9.97. The van der Waals surface area contributed by atoms with Crippen LogP contribution in [-0.2, 0) is 28.8 Å². The summed E-state index contributed by atoms with van der Waals surface area (Å²) in [6, 6.07) is 0. The summed E-state index contributed by atoms with van der Waals surface area (Å²) in [6.07, 6.45) is 2.16. The highest BCUT2D eigenvalue weighted by Gasteiger charge is 2.35. The van der Waals surface area contributed by atoms with Gasteiger partial charge in [-0.05, 0) is 25.9 Å². The third-order valence-corrected chi connectivity index (χ3v) is 5.88. The fraction of sp³-hybridized carbons (Fsp3) is 0.762. The lowest BCUT2D eigenvalue weighted by Gasteiger charge is -2.33. The van der Waals surface area contributed by atoms with Crippen molar-refractivity contribution >= 4 is 29.6 Å². The Bertz CT molecular complexity index is 673. The van der Waals surface area contributed by atoms with Gasteiger partial charge in [0.1, 0.15) is 0 Å². The zero-order valence-corrected chi connectivity index (χ0v) is 18.8. The molecule has 0 bridgehead atoms. The van der Waals surface area contributed by atoms with Gasteiger partial charge in [0, 0.05) is 58.9 Å². The Morgan fingerprint density at radius 2 is 1.52 bits per heavy atom. The van der Waals surface area contributed by atoms with Crippen LogP contribution in [0.5, 0.6) is 0 Å². The predicted octanol–water partition coefficient (Wildman–Crippen LogP) is 0.413. The van der Waals surface area contributed by atoms with E-state index in [9.17, 15) is 24.0 Å². The van der Waals surface area contributed by atoms with Crippen molar-refractivity contribution in [1.82, 2.24) is 19.8 Å². The van der Waals surface area contributed by atoms with E-state index in [1.165, 1.54) is 0 Å². The molecule has 4 amide bonds. The van der Waals surface area contributed by atoms with Crippen LogP contribution in [0.25, 0.3) is 0 Å². The van der Waals surface area contributed by atoms with Gasteiger partial charge >= 0.3 is 5.97 Å². The number of amides is 4. The van der Waals surface area contributed by atoms with Crippen LogP contribution in [0.3, 0.4) is 0 Å². The average molecular weight is 439 g/mol. The maximum atomic E-state index is 12.3. The highest BCUT2D eigenvalue weighted by molar-refractivity contribution is 6.01. The molecule has 0 atom stereocenters. The number of carbonyl (C=O) groups is 5. The zero-order chi connectivity index (χ0) is 23.0. The second-order valence-corrected chi connectivity index (χ2v) is 8.01. The van der Waals surface area contributed by atoms with Crippen molar-refractivity contribution in [2.75, 3.05) is 46.3 Å². The number of carbonyl (C=O) groups excluding carboxylic acids is 5. The maximum absolute atomic E-state index is 12.3. The monoisotopic (exact) mass is 438 g/mol. The molecule has 10 nitrogen and oxygen atoms in total. The lowest BCUT2D eigenvalue weighted by Crippen LogP contribution is -2.45. The molecule has 0 spiro atoms. The van der Waals surface area contributed by atoms with Crippen molar-refractivity contribution in [3.8, 4) is 0 Å². The van der Waals surface area contributed by atoms with E-state index in [4.69, 9.17) is 4.84 Å². The SMILES string of the molecule is CCC(=O)N(C)CCN(CCN1CCC(C(=O)ON2C(=O)CCC2=O)CC1)C(=O)CC. The first-order valence-electron chi connectivity index (χ1n) is 11.1. The van der Waals surface area contributed by atoms with E-state index in [2.05, 4.69) is 4.90 Å². The number of likely N-dealkylation sites (N-methyl/N-ethyl adjacent to an activating group) is 1. The van der Waals surface area contributed by atoms with Gasteiger partial charge in [-0.25, -0.2) is 4.79 Å². The van der Waals surface area contributed by atoms with Crippen molar-refractivity contribution in [2.24, 2.45) is 5.92 Å². The Balaban J connectivity index is 1.76. The maximum Gasteiger partial charge on any atom is 0.336 e. The van der Waals surface area contributed by atoms with Gasteiger partial charge in [-0.2, -0.15) is 0 Å². The molecule has 0 saturated carbocycles. The van der Waals surface area contributed by atoms with Gasteiger partial charge in [0.2, 0.25) is 11.8 Å². The molecule has 2 aliphatic rings. The molecule has 2 rings (SSSR count). The van der Waals surface area contributed by atoms with Gasteiger partial charge in [0.15, 0.2) is 0 Å². The third kappa shape index (κ3) is 7.02. The van der Waals surface area contributed by atoms with Crippen molar-refractivity contribution in [1.29, 1.82) is 0 Å². The van der Waals surface area contributed by atoms with Crippen LogP contribution in [0.4, 0.5) is 0 Å². The van der Waals surface area contributed by atoms with Gasteiger partial charge in [0.05, 0.1) is 5.92 Å². The van der Waals surface area contributed by atoms with E-state index in [0.29, 0.717) is 70.0 Å². The van der Waals surface area contributed by atoms with E-state index in [1.54, 1.807) is 16.8 Å². The van der Waals surface area contributed by atoms with Gasteiger partial charge in [0.25, 0.3) is 11.8 Å². The molecular weight excluding hydrogens is 404 g/mol. The van der Waals surface area contributed by atoms with Crippen molar-refractivity contribution < 1.29 is 28.8 Å². The number of hydrogen-bond acceptors (Lipinski definition) is 7. The van der Waals surface area contributed by atoms with E-state index in [1.807, 2.05) is 13.8 Å². The molecule has 0 aromatic carbocycles. The Hall–Kier alpha value is -2.49. The molecular formula is C21H34N4O6. The van der Waals surface area contributed by atoms with E-state index < -0.39 is 17.8 Å². The van der Waals surface area contributed by atoms with Gasteiger partial charge in [-0.3, -0.25) is 19.2 Å². The normalized spacial score (nSPS) is 17.7. The fourth-order valence-electron chi connectivity index (χ4n) is 3.73. The number of nitrogens with zero attached hydrogens (tertiary/aromatic N) is 4. The molecule has 0 aromatic heterocycles. The van der Waals surface area contributed by atoms with Crippen molar-refractivity contribution in [2.45, 2.75) is 52.4 Å². The molecule has 174 valence electrons. The molecule has 2 saturated heterocycles. The van der Waals surface area contributed by atoms with E-state index in [0.717, 1.165) is 0 Å². The molecule has 0 radical (unpaired) electrons. The lowest BCUT2D eigenvalue weighted by molar-refractivity contribution is -0.201. The Morgan fingerprint density at radius 3 is 2.06 bits per heavy atom. The summed E-state index contributed by atoms with van der Waals surface area (Å²) in [5, 5.41) is 0.600. The molecule has 2 fully saturated rings. The van der Waals surface area contributed by atoms with E-state index >= 15 is 0 Å². The largest absolute Gasteiger partial charge is 0.344 e. The summed E-state index contributed by atoms with van der Waals surface area (Å²) >= 11 is 0. The first-order valence-corrected chi connectivity index (χ1v) is 11.1. The molecule has 0 unspecified atom stereocenters. The average Bonchev–Trinajstić information content (AvgIpc) is 3.10. The number of likely N-dealkylation sites (tertiary alicyclic amines) is 1. The zero-order valence-electron chi connectivity index (χ0n) is 18.8. The Kier molecular flexibility index (Phi) is 9.42. The first-order chi connectivity index (χ1) is 14.8. The van der Waals surface area contributed by atoms with Crippen molar-refractivity contribution in [3.05, 3.63) is 0 Å². The molecule has 0 N–H and O–H groups in total. The molecule has 0 aromatic rings. The standard InChI is InChI=1S/C21H34N4O6/c1-4-17(26)22(3)12-14-24(18(27)5-2)15-13-23-10-8-16(9-11-23)21(30)31-25-19(28)6-7-20(25)29/h16H,4-15H2,1-3H3. The van der Waals surface area contributed by atoms with Crippen LogP contribution in [-0.4, -0.2) is 95.7 Å². The predicted molar refractivity (Wildman–Crippen MR) is 111 cm³/mol. The molecule has 10 heteroatoms. The highest BCUT2D eigenvalue weighted by Crippen LogP contribution is 2.21. The Morgan fingerprint density at radius 1 is 0.935 bits per heavy atom. The minimum absolute atomic E-state index is 0.0511. The summed E-state index contributed by atoms with van der Waals surface area (Å²) in [6.45, 7) is 7.22. The summed E-state index contributed by atoms with van der Waals surface area (Å²) in [5.41, 5.74) is 0. The second kappa shape index (κ2) is 11.8. The number of rotatable bonds is 10. The summed E-state index contributed by atoms with van der Waals surface area (Å²) in [5.74, 6) is -1.72. The van der Waals surface area contributed by atoms with Crippen molar-refractivity contribution in [3.63, 3.8) is 0 Å². The molecule has 0 aliphatic carbocycles. The smallest absolute Gasteiger partial charge is 0.336 e. The number of piperidine rings is 1. The molecule has 2 aliphatic heterocycles. The summed E-state index contributed by atoms with van der Waals surface area (Å²) < 4.78 is 0. The minimum Gasteiger partial charge on any atom is -0.344 e. The second-order valence-electron chi connectivity index (χ2n) is 8.01. The minimum atomic E-state index is -0.533. The van der Waals surface area contributed by atoms with Crippen LogP contribution < -0.4 is 0 Å². The van der Waals surface area contributed by atoms with Crippen LogP contribution in [0.15, 0.2) is 0 Å². The number of hydrogen-bond donors (Lipinski definition) is 0. The van der Waals surface area contributed by atoms with Crippen LogP contribution in [0, 0.1) is 5.92 Å². The third-order valence-electron chi connectivity index (χ3n) is 5.88. The summed E-state index contributed by atoms with van der Waals surface area (Å²) in [7, 11) is 1.74. The number of hydroxylamine groups is 2. The van der Waals surface area contributed by atoms with Gasteiger partial charge in [-0.15, -0.1) is 5.06 Å². The number of imide groups is 1. The first kappa shape index (κ1) is 24.8. The molecule has 2 heterocycles. The fourth-order valence-corrected chi connectivity index (χ4v) is 3.73. The van der Waals surface area contributed by atoms with Crippen LogP contribution in [0.1, 0.15) is 52.4 Å². The van der Waals surface area contributed by atoms with Gasteiger partial charge < -0.3 is 19.5 Å². The topological polar surface area (TPSA) is 108 Å². The van der Waals surface area contributed by atoms with Gasteiger partial charge in [-0.1, -0.05) is 13.8 Å². The Labute approximate surface area is 183 Å². The summed E-state index contributed by atoms with van der Waals surface area (Å²) in [4.78, 5) is 70.2.